The highest BCUT2D eigenvalue weighted by atomic mass is 79.9. The first-order valence-corrected chi connectivity index (χ1v) is 8.58. The van der Waals surface area contributed by atoms with Crippen LogP contribution in [-0.2, 0) is 4.79 Å². The Morgan fingerprint density at radius 1 is 1.19 bits per heavy atom. The first kappa shape index (κ1) is 18.2. The summed E-state index contributed by atoms with van der Waals surface area (Å²) < 4.78 is 26.9. The maximum atomic E-state index is 13.0. The molecule has 1 amide bonds. The summed E-state index contributed by atoms with van der Waals surface area (Å²) in [5, 5.41) is 6.18. The Hall–Kier alpha value is -2.61. The largest absolute Gasteiger partial charge is 0.360 e. The van der Waals surface area contributed by atoms with Crippen LogP contribution in [0.4, 0.5) is 20.3 Å². The highest BCUT2D eigenvalue weighted by Gasteiger charge is 2.15. The van der Waals surface area contributed by atoms with Gasteiger partial charge in [-0.1, -0.05) is 28.1 Å². The summed E-state index contributed by atoms with van der Waals surface area (Å²) in [5.74, 6) is -0.680. The third kappa shape index (κ3) is 4.13. The highest BCUT2D eigenvalue weighted by molar-refractivity contribution is 9.10. The molecule has 0 saturated heterocycles. The van der Waals surface area contributed by atoms with Gasteiger partial charge in [0.25, 0.3) is 6.43 Å². The zero-order valence-electron chi connectivity index (χ0n) is 13.8. The Morgan fingerprint density at radius 3 is 2.69 bits per heavy atom. The van der Waals surface area contributed by atoms with E-state index >= 15 is 0 Å². The van der Waals surface area contributed by atoms with Crippen molar-refractivity contribution in [1.29, 1.82) is 0 Å². The maximum absolute atomic E-state index is 13.0. The molecule has 0 bridgehead atoms. The predicted molar refractivity (Wildman–Crippen MR) is 100 cm³/mol. The topological polar surface area (TPSA) is 66.9 Å². The number of aromatic nitrogens is 2. The van der Waals surface area contributed by atoms with E-state index in [2.05, 4.69) is 36.5 Å². The molecule has 0 radical (unpaired) electrons. The molecule has 0 unspecified atom stereocenters. The fourth-order valence-electron chi connectivity index (χ4n) is 2.45. The van der Waals surface area contributed by atoms with Crippen molar-refractivity contribution in [1.82, 2.24) is 9.97 Å². The van der Waals surface area contributed by atoms with Gasteiger partial charge in [-0.25, -0.2) is 18.7 Å². The minimum absolute atomic E-state index is 0.112. The number of benzene rings is 2. The van der Waals surface area contributed by atoms with Gasteiger partial charge in [-0.3, -0.25) is 4.79 Å². The number of halogens is 3. The number of fused-ring (bicyclic) bond motifs is 1. The lowest BCUT2D eigenvalue weighted by molar-refractivity contribution is -0.114. The van der Waals surface area contributed by atoms with Gasteiger partial charge < -0.3 is 10.6 Å². The molecule has 3 aromatic rings. The standard InChI is InChI=1S/C18H15BrF2N4O/c1-10-8-11(19)6-7-13(10)23-15(26)9-22-17-12-4-2-3-5-14(12)24-18(25-17)16(20)21/h2-8,16H,9H2,1H3,(H,23,26)(H,22,24,25). The van der Waals surface area contributed by atoms with Gasteiger partial charge in [-0.2, -0.15) is 0 Å². The van der Waals surface area contributed by atoms with E-state index in [0.717, 1.165) is 10.0 Å². The number of hydrogen-bond donors (Lipinski definition) is 2. The molecule has 26 heavy (non-hydrogen) atoms. The number of carbonyl (C=O) groups is 1. The number of aryl methyl sites for hydroxylation is 1. The summed E-state index contributed by atoms with van der Waals surface area (Å²) >= 11 is 3.36. The molecule has 2 aromatic carbocycles. The molecule has 0 aliphatic carbocycles. The Balaban J connectivity index is 1.77. The number of nitrogens with zero attached hydrogens (tertiary/aromatic N) is 2. The molecule has 0 fully saturated rings. The van der Waals surface area contributed by atoms with Crippen molar-refractivity contribution < 1.29 is 13.6 Å². The second-order valence-electron chi connectivity index (χ2n) is 5.61. The molecule has 0 saturated carbocycles. The van der Waals surface area contributed by atoms with Gasteiger partial charge in [-0.15, -0.1) is 0 Å². The van der Waals surface area contributed by atoms with E-state index in [0.29, 0.717) is 16.6 Å². The lowest BCUT2D eigenvalue weighted by Gasteiger charge is -2.12. The Morgan fingerprint density at radius 2 is 1.96 bits per heavy atom. The Kier molecular flexibility index (Phi) is 5.41. The van der Waals surface area contributed by atoms with Gasteiger partial charge in [0.1, 0.15) is 5.82 Å². The summed E-state index contributed by atoms with van der Waals surface area (Å²) in [6.07, 6.45) is -2.79. The van der Waals surface area contributed by atoms with Crippen molar-refractivity contribution in [2.75, 3.05) is 17.2 Å². The van der Waals surface area contributed by atoms with E-state index in [9.17, 15) is 13.6 Å². The third-order valence-corrected chi connectivity index (χ3v) is 4.19. The first-order valence-electron chi connectivity index (χ1n) is 7.79. The molecule has 3 rings (SSSR count). The average Bonchev–Trinajstić information content (AvgIpc) is 2.61. The first-order chi connectivity index (χ1) is 12.4. The van der Waals surface area contributed by atoms with E-state index in [1.54, 1.807) is 30.3 Å². The molecule has 0 atom stereocenters. The Labute approximate surface area is 157 Å². The van der Waals surface area contributed by atoms with Crippen LogP contribution in [0.15, 0.2) is 46.9 Å². The van der Waals surface area contributed by atoms with Crippen LogP contribution in [0.5, 0.6) is 0 Å². The minimum Gasteiger partial charge on any atom is -0.360 e. The quantitative estimate of drug-likeness (QED) is 0.628. The average molecular weight is 421 g/mol. The number of hydrogen-bond acceptors (Lipinski definition) is 4. The molecule has 0 spiro atoms. The fourth-order valence-corrected chi connectivity index (χ4v) is 2.93. The number of anilines is 2. The van der Waals surface area contributed by atoms with E-state index in [4.69, 9.17) is 0 Å². The Bertz CT molecular complexity index is 965. The summed E-state index contributed by atoms with van der Waals surface area (Å²) in [6.45, 7) is 1.76. The van der Waals surface area contributed by atoms with Crippen LogP contribution in [-0.4, -0.2) is 22.4 Å². The van der Waals surface area contributed by atoms with E-state index in [1.807, 2.05) is 19.1 Å². The summed E-state index contributed by atoms with van der Waals surface area (Å²) in [5.41, 5.74) is 1.98. The molecule has 2 N–H and O–H groups in total. The number of nitrogens with one attached hydrogen (secondary N) is 2. The smallest absolute Gasteiger partial charge is 0.297 e. The van der Waals surface area contributed by atoms with Crippen molar-refractivity contribution in [3.63, 3.8) is 0 Å². The highest BCUT2D eigenvalue weighted by Crippen LogP contribution is 2.24. The number of para-hydroxylation sites is 1. The number of amides is 1. The fraction of sp³-hybridized carbons (Fsp3) is 0.167. The lowest BCUT2D eigenvalue weighted by Crippen LogP contribution is -2.23. The van der Waals surface area contributed by atoms with Gasteiger partial charge in [0.15, 0.2) is 5.82 Å². The lowest BCUT2D eigenvalue weighted by atomic mass is 10.2. The van der Waals surface area contributed by atoms with Crippen LogP contribution in [0, 0.1) is 6.92 Å². The molecular formula is C18H15BrF2N4O. The monoisotopic (exact) mass is 420 g/mol. The van der Waals surface area contributed by atoms with Gasteiger partial charge >= 0.3 is 0 Å². The van der Waals surface area contributed by atoms with Crippen molar-refractivity contribution in [2.24, 2.45) is 0 Å². The zero-order valence-corrected chi connectivity index (χ0v) is 15.3. The number of rotatable bonds is 5. The summed E-state index contributed by atoms with van der Waals surface area (Å²) in [4.78, 5) is 19.9. The van der Waals surface area contributed by atoms with Crippen LogP contribution in [0.1, 0.15) is 17.8 Å². The number of carbonyl (C=O) groups excluding carboxylic acids is 1. The SMILES string of the molecule is Cc1cc(Br)ccc1NC(=O)CNc1nc(C(F)F)nc2ccccc12. The van der Waals surface area contributed by atoms with Gasteiger partial charge in [0, 0.05) is 15.5 Å². The van der Waals surface area contributed by atoms with E-state index < -0.39 is 12.2 Å². The molecule has 1 heterocycles. The van der Waals surface area contributed by atoms with Gasteiger partial charge in [0.05, 0.1) is 12.1 Å². The van der Waals surface area contributed by atoms with Crippen molar-refractivity contribution >= 4 is 44.2 Å². The van der Waals surface area contributed by atoms with Gasteiger partial charge in [0.2, 0.25) is 5.91 Å². The molecule has 0 aliphatic heterocycles. The molecule has 134 valence electrons. The third-order valence-electron chi connectivity index (χ3n) is 3.69. The van der Waals surface area contributed by atoms with Crippen LogP contribution in [0.25, 0.3) is 10.9 Å². The second-order valence-corrected chi connectivity index (χ2v) is 6.52. The van der Waals surface area contributed by atoms with Crippen molar-refractivity contribution in [2.45, 2.75) is 13.3 Å². The van der Waals surface area contributed by atoms with Crippen molar-refractivity contribution in [3.8, 4) is 0 Å². The van der Waals surface area contributed by atoms with Gasteiger partial charge in [-0.05, 0) is 42.8 Å². The summed E-state index contributed by atoms with van der Waals surface area (Å²) in [7, 11) is 0. The number of alkyl halides is 2. The van der Waals surface area contributed by atoms with Crippen LogP contribution in [0.3, 0.4) is 0 Å². The van der Waals surface area contributed by atoms with Crippen LogP contribution >= 0.6 is 15.9 Å². The normalized spacial score (nSPS) is 11.0. The van der Waals surface area contributed by atoms with E-state index in [-0.39, 0.29) is 18.3 Å². The van der Waals surface area contributed by atoms with Crippen LogP contribution in [0.2, 0.25) is 0 Å². The molecule has 5 nitrogen and oxygen atoms in total. The summed E-state index contributed by atoms with van der Waals surface area (Å²) in [6, 6.07) is 12.3. The maximum Gasteiger partial charge on any atom is 0.297 e. The minimum atomic E-state index is -2.79. The molecule has 0 aliphatic rings. The molecule has 8 heteroatoms. The van der Waals surface area contributed by atoms with E-state index in [1.165, 1.54) is 0 Å². The molecular weight excluding hydrogens is 406 g/mol. The predicted octanol–water partition coefficient (Wildman–Crippen LogP) is 4.69. The zero-order chi connectivity index (χ0) is 18.7. The van der Waals surface area contributed by atoms with Crippen LogP contribution < -0.4 is 10.6 Å². The van der Waals surface area contributed by atoms with Crippen molar-refractivity contribution in [3.05, 3.63) is 58.3 Å². The molecule has 1 aromatic heterocycles. The second kappa shape index (κ2) is 7.74.